The Morgan fingerprint density at radius 3 is 2.56 bits per heavy atom. The Balaban J connectivity index is 1.98. The molecule has 0 radical (unpaired) electrons. The lowest BCUT2D eigenvalue weighted by Crippen LogP contribution is -2.50. The van der Waals surface area contributed by atoms with E-state index in [1.807, 2.05) is 0 Å². The zero-order valence-electron chi connectivity index (χ0n) is 10.4. The second kappa shape index (κ2) is 5.56. The second-order valence-electron chi connectivity index (χ2n) is 5.08. The molecule has 2 aliphatic heterocycles. The van der Waals surface area contributed by atoms with Crippen LogP contribution in [-0.4, -0.2) is 64.3 Å². The van der Waals surface area contributed by atoms with Crippen molar-refractivity contribution in [3.63, 3.8) is 0 Å². The van der Waals surface area contributed by atoms with Crippen LogP contribution in [0.2, 0.25) is 0 Å². The third-order valence-electron chi connectivity index (χ3n) is 3.87. The van der Waals surface area contributed by atoms with Crippen LogP contribution in [-0.2, 0) is 4.79 Å². The van der Waals surface area contributed by atoms with Gasteiger partial charge in [0, 0.05) is 19.6 Å². The molecule has 102 valence electrons. The first-order chi connectivity index (χ1) is 8.63. The van der Waals surface area contributed by atoms with Crippen molar-refractivity contribution < 1.29 is 19.8 Å². The maximum absolute atomic E-state index is 12.3. The minimum absolute atomic E-state index is 0.0120. The van der Waals surface area contributed by atoms with Gasteiger partial charge in [0.15, 0.2) is 0 Å². The normalized spacial score (nSPS) is 28.5. The van der Waals surface area contributed by atoms with Gasteiger partial charge in [0.2, 0.25) is 0 Å². The molecular weight excluding hydrogens is 236 g/mol. The molecule has 2 atom stereocenters. The Morgan fingerprint density at radius 2 is 1.89 bits per heavy atom. The number of carboxylic acids is 1. The molecular formula is C12H20N2O4. The zero-order valence-corrected chi connectivity index (χ0v) is 10.4. The first-order valence-electron chi connectivity index (χ1n) is 6.52. The van der Waals surface area contributed by atoms with Gasteiger partial charge in [0.05, 0.1) is 18.6 Å². The third-order valence-corrected chi connectivity index (χ3v) is 3.87. The summed E-state index contributed by atoms with van der Waals surface area (Å²) in [5.74, 6) is -1.27. The highest BCUT2D eigenvalue weighted by Gasteiger charge is 2.34. The number of piperidine rings is 1. The number of carbonyl (C=O) groups excluding carboxylic acids is 1. The Labute approximate surface area is 106 Å². The highest BCUT2D eigenvalue weighted by Crippen LogP contribution is 2.22. The van der Waals surface area contributed by atoms with Gasteiger partial charge >= 0.3 is 12.0 Å². The minimum Gasteiger partial charge on any atom is -0.481 e. The molecule has 0 aromatic heterocycles. The number of aliphatic carboxylic acids is 1. The predicted octanol–water partition coefficient (Wildman–Crippen LogP) is 0.360. The smallest absolute Gasteiger partial charge is 0.320 e. The van der Waals surface area contributed by atoms with Crippen molar-refractivity contribution in [2.75, 3.05) is 26.2 Å². The molecule has 18 heavy (non-hydrogen) atoms. The Bertz CT molecular complexity index is 334. The van der Waals surface area contributed by atoms with Crippen LogP contribution in [0.5, 0.6) is 0 Å². The molecule has 0 aromatic rings. The zero-order chi connectivity index (χ0) is 13.1. The van der Waals surface area contributed by atoms with Crippen LogP contribution in [0, 0.1) is 5.92 Å². The lowest BCUT2D eigenvalue weighted by Gasteiger charge is -2.35. The molecule has 2 amide bonds. The first-order valence-corrected chi connectivity index (χ1v) is 6.52. The summed E-state index contributed by atoms with van der Waals surface area (Å²) in [5, 5.41) is 18.2. The molecule has 0 spiro atoms. The summed E-state index contributed by atoms with van der Waals surface area (Å²) in [6.45, 7) is 1.57. The number of hydrogen-bond donors (Lipinski definition) is 2. The van der Waals surface area contributed by atoms with E-state index in [2.05, 4.69) is 0 Å². The average molecular weight is 256 g/mol. The number of aliphatic hydroxyl groups excluding tert-OH is 1. The van der Waals surface area contributed by atoms with Crippen LogP contribution in [0.4, 0.5) is 4.79 Å². The van der Waals surface area contributed by atoms with Crippen LogP contribution in [0.3, 0.4) is 0 Å². The van der Waals surface area contributed by atoms with Crippen LogP contribution >= 0.6 is 0 Å². The van der Waals surface area contributed by atoms with E-state index in [1.54, 1.807) is 9.80 Å². The molecule has 0 aliphatic carbocycles. The van der Waals surface area contributed by atoms with Crippen molar-refractivity contribution in [3.05, 3.63) is 0 Å². The van der Waals surface area contributed by atoms with Gasteiger partial charge in [-0.3, -0.25) is 4.79 Å². The molecule has 0 bridgehead atoms. The summed E-state index contributed by atoms with van der Waals surface area (Å²) in [6, 6.07) is -0.208. The topological polar surface area (TPSA) is 81.1 Å². The van der Waals surface area contributed by atoms with Gasteiger partial charge in [-0.1, -0.05) is 0 Å². The number of urea groups is 1. The van der Waals surface area contributed by atoms with Gasteiger partial charge in [-0.15, -0.1) is 0 Å². The lowest BCUT2D eigenvalue weighted by atomic mass is 9.98. The van der Waals surface area contributed by atoms with Crippen LogP contribution in [0.1, 0.15) is 25.7 Å². The van der Waals surface area contributed by atoms with Gasteiger partial charge in [-0.05, 0) is 25.7 Å². The molecule has 6 heteroatoms. The Morgan fingerprint density at radius 1 is 1.17 bits per heavy atom. The van der Waals surface area contributed by atoms with Crippen molar-refractivity contribution in [1.29, 1.82) is 0 Å². The SMILES string of the molecule is O=C(O)[C@@H]1CCCN(C(=O)N2CCCC2CO)C1. The molecule has 1 unspecified atom stereocenters. The minimum atomic E-state index is -0.826. The van der Waals surface area contributed by atoms with Gasteiger partial charge in [-0.25, -0.2) is 4.79 Å². The molecule has 2 N–H and O–H groups in total. The third kappa shape index (κ3) is 2.58. The molecule has 0 aromatic carbocycles. The van der Waals surface area contributed by atoms with Gasteiger partial charge in [-0.2, -0.15) is 0 Å². The van der Waals surface area contributed by atoms with E-state index in [9.17, 15) is 14.7 Å². The first kappa shape index (κ1) is 13.1. The lowest BCUT2D eigenvalue weighted by molar-refractivity contribution is -0.143. The number of aliphatic hydroxyl groups is 1. The number of carbonyl (C=O) groups is 2. The fourth-order valence-corrected chi connectivity index (χ4v) is 2.81. The van der Waals surface area contributed by atoms with E-state index < -0.39 is 11.9 Å². The van der Waals surface area contributed by atoms with E-state index in [1.165, 1.54) is 0 Å². The Hall–Kier alpha value is -1.30. The summed E-state index contributed by atoms with van der Waals surface area (Å²) in [6.07, 6.45) is 3.12. The van der Waals surface area contributed by atoms with E-state index in [4.69, 9.17) is 5.11 Å². The van der Waals surface area contributed by atoms with Crippen LogP contribution in [0.15, 0.2) is 0 Å². The molecule has 2 saturated heterocycles. The van der Waals surface area contributed by atoms with E-state index in [0.29, 0.717) is 26.1 Å². The number of likely N-dealkylation sites (tertiary alicyclic amines) is 2. The number of hydrogen-bond acceptors (Lipinski definition) is 3. The highest BCUT2D eigenvalue weighted by molar-refractivity contribution is 5.77. The van der Waals surface area contributed by atoms with Gasteiger partial charge in [0.1, 0.15) is 0 Å². The van der Waals surface area contributed by atoms with Crippen molar-refractivity contribution in [1.82, 2.24) is 9.80 Å². The largest absolute Gasteiger partial charge is 0.481 e. The summed E-state index contributed by atoms with van der Waals surface area (Å²) in [5.41, 5.74) is 0. The molecule has 2 rings (SSSR count). The standard InChI is InChI=1S/C12H20N2O4/c15-8-10-4-2-6-14(10)12(18)13-5-1-3-9(7-13)11(16)17/h9-10,15H,1-8H2,(H,16,17)/t9-,10?/m1/s1. The molecule has 0 saturated carbocycles. The average Bonchev–Trinajstić information content (AvgIpc) is 2.86. The summed E-state index contributed by atoms with van der Waals surface area (Å²) >= 11 is 0. The molecule has 2 aliphatic rings. The maximum atomic E-state index is 12.3. The van der Waals surface area contributed by atoms with Crippen molar-refractivity contribution in [3.8, 4) is 0 Å². The second-order valence-corrected chi connectivity index (χ2v) is 5.08. The molecule has 2 heterocycles. The monoisotopic (exact) mass is 256 g/mol. The van der Waals surface area contributed by atoms with Crippen molar-refractivity contribution in [2.24, 2.45) is 5.92 Å². The van der Waals surface area contributed by atoms with E-state index >= 15 is 0 Å². The van der Waals surface area contributed by atoms with Gasteiger partial charge < -0.3 is 20.0 Å². The predicted molar refractivity (Wildman–Crippen MR) is 64.1 cm³/mol. The maximum Gasteiger partial charge on any atom is 0.320 e. The number of nitrogens with zero attached hydrogens (tertiary/aromatic N) is 2. The van der Waals surface area contributed by atoms with E-state index in [0.717, 1.165) is 19.3 Å². The fraction of sp³-hybridized carbons (Fsp3) is 0.833. The Kier molecular flexibility index (Phi) is 4.06. The van der Waals surface area contributed by atoms with Crippen molar-refractivity contribution in [2.45, 2.75) is 31.7 Å². The number of rotatable bonds is 2. The molecule has 2 fully saturated rings. The summed E-state index contributed by atoms with van der Waals surface area (Å²) < 4.78 is 0. The highest BCUT2D eigenvalue weighted by atomic mass is 16.4. The van der Waals surface area contributed by atoms with Crippen molar-refractivity contribution >= 4 is 12.0 Å². The number of amides is 2. The summed E-state index contributed by atoms with van der Waals surface area (Å²) in [7, 11) is 0. The van der Waals surface area contributed by atoms with E-state index in [-0.39, 0.29) is 18.7 Å². The fourth-order valence-electron chi connectivity index (χ4n) is 2.81. The quantitative estimate of drug-likeness (QED) is 0.747. The molecule has 6 nitrogen and oxygen atoms in total. The van der Waals surface area contributed by atoms with Crippen LogP contribution in [0.25, 0.3) is 0 Å². The number of carboxylic acid groups (broad SMARTS) is 1. The van der Waals surface area contributed by atoms with Crippen LogP contribution < -0.4 is 0 Å². The summed E-state index contributed by atoms with van der Waals surface area (Å²) in [4.78, 5) is 26.6. The van der Waals surface area contributed by atoms with Gasteiger partial charge in [0.25, 0.3) is 0 Å².